The van der Waals surface area contributed by atoms with Crippen LogP contribution in [0.1, 0.15) is 54.2 Å². The molecule has 0 unspecified atom stereocenters. The summed E-state index contributed by atoms with van der Waals surface area (Å²) in [5, 5.41) is 8.47. The van der Waals surface area contributed by atoms with E-state index >= 15 is 0 Å². The summed E-state index contributed by atoms with van der Waals surface area (Å²) in [6.45, 7) is 4.57. The second-order valence-corrected chi connectivity index (χ2v) is 10.4. The molecule has 0 aliphatic carbocycles. The number of primary amides is 1. The minimum atomic E-state index is -0.804. The quantitative estimate of drug-likeness (QED) is 0.494. The minimum Gasteiger partial charge on any atom is -0.480 e. The van der Waals surface area contributed by atoms with Crippen LogP contribution in [-0.2, 0) is 9.59 Å². The number of fused-ring (bicyclic) bond motifs is 1. The largest absolute Gasteiger partial charge is 0.480 e. The highest BCUT2D eigenvalue weighted by atomic mass is 16.5. The summed E-state index contributed by atoms with van der Waals surface area (Å²) < 4.78 is 7.10. The lowest BCUT2D eigenvalue weighted by atomic mass is 9.89. The van der Waals surface area contributed by atoms with Crippen LogP contribution in [0, 0.1) is 5.92 Å². The Morgan fingerprint density at radius 1 is 1.13 bits per heavy atom. The zero-order chi connectivity index (χ0) is 27.0. The number of anilines is 1. The van der Waals surface area contributed by atoms with E-state index in [2.05, 4.69) is 40.1 Å². The molecule has 3 N–H and O–H groups in total. The van der Waals surface area contributed by atoms with Gasteiger partial charge in [0.25, 0.3) is 5.91 Å². The third kappa shape index (κ3) is 5.06. The van der Waals surface area contributed by atoms with E-state index in [1.807, 2.05) is 18.2 Å². The van der Waals surface area contributed by atoms with Gasteiger partial charge in [0.05, 0.1) is 36.6 Å². The predicted molar refractivity (Wildman–Crippen MR) is 142 cm³/mol. The number of amides is 3. The molecule has 3 amide bonds. The normalized spacial score (nSPS) is 22.0. The van der Waals surface area contributed by atoms with Gasteiger partial charge in [-0.15, -0.1) is 0 Å². The molecular weight excluding hydrogens is 486 g/mol. The van der Waals surface area contributed by atoms with E-state index < -0.39 is 17.7 Å². The van der Waals surface area contributed by atoms with Crippen molar-refractivity contribution in [1.29, 1.82) is 0 Å². The number of likely N-dealkylation sites (N-methyl/N-ethyl adjacent to an activating group) is 1. The van der Waals surface area contributed by atoms with Gasteiger partial charge in [0.2, 0.25) is 5.88 Å². The summed E-state index contributed by atoms with van der Waals surface area (Å²) in [5.41, 5.74) is 7.43. The van der Waals surface area contributed by atoms with Crippen molar-refractivity contribution in [2.75, 3.05) is 39.1 Å². The number of carbonyl (C=O) groups excluding carboxylic acids is 3. The lowest BCUT2D eigenvalue weighted by molar-refractivity contribution is -0.146. The first kappa shape index (κ1) is 25.7. The molecule has 11 heteroatoms. The number of carbonyl (C=O) groups is 3. The number of likely N-dealkylation sites (tertiary alicyclic amines) is 2. The molecule has 2 aromatic heterocycles. The summed E-state index contributed by atoms with van der Waals surface area (Å²) >= 11 is 0. The molecular formula is C27H33N7O4. The zero-order valence-corrected chi connectivity index (χ0v) is 21.9. The van der Waals surface area contributed by atoms with Crippen molar-refractivity contribution in [1.82, 2.24) is 24.6 Å². The third-order valence-corrected chi connectivity index (χ3v) is 7.51. The molecule has 2 fully saturated rings. The predicted octanol–water partition coefficient (Wildman–Crippen LogP) is 2.35. The summed E-state index contributed by atoms with van der Waals surface area (Å²) in [5.74, 6) is -1.89. The summed E-state index contributed by atoms with van der Waals surface area (Å²) in [7, 11) is 3.48. The number of methoxy groups -OCH3 is 1. The van der Waals surface area contributed by atoms with Crippen LogP contribution in [0.2, 0.25) is 0 Å². The van der Waals surface area contributed by atoms with Gasteiger partial charge in [-0.1, -0.05) is 19.1 Å². The second kappa shape index (κ2) is 10.4. The lowest BCUT2D eigenvalue weighted by Crippen LogP contribution is -2.46. The number of aromatic nitrogens is 3. The van der Waals surface area contributed by atoms with Gasteiger partial charge in [0, 0.05) is 24.7 Å². The highest BCUT2D eigenvalue weighted by Crippen LogP contribution is 2.35. The fourth-order valence-corrected chi connectivity index (χ4v) is 5.47. The first-order valence-corrected chi connectivity index (χ1v) is 12.9. The second-order valence-electron chi connectivity index (χ2n) is 10.4. The standard InChI is InChI=1S/C27H33N7O4/c1-16-4-7-23(17-5-6-18-14-34(31-22(18)10-17)20-8-9-32(2)15-20)33(13-16)27(37)25(36)30-19-11-21(24(28)35)26(38-3)29-12-19/h5-6,10-12,14,16,20,23H,4,7-9,13,15H2,1-3H3,(H2,28,35)(H,30,36)/t16-,20-,23+/m0/s1. The van der Waals surface area contributed by atoms with Crippen LogP contribution in [0.25, 0.3) is 10.9 Å². The molecule has 3 atom stereocenters. The molecule has 1 aromatic carbocycles. The molecule has 0 spiro atoms. The van der Waals surface area contributed by atoms with E-state index in [0.717, 1.165) is 48.8 Å². The Morgan fingerprint density at radius 3 is 2.66 bits per heavy atom. The van der Waals surface area contributed by atoms with Crippen LogP contribution in [0.5, 0.6) is 5.88 Å². The Morgan fingerprint density at radius 2 is 1.95 bits per heavy atom. The number of nitrogens with two attached hydrogens (primary N) is 1. The molecule has 11 nitrogen and oxygen atoms in total. The third-order valence-electron chi connectivity index (χ3n) is 7.51. The molecule has 2 aliphatic rings. The smallest absolute Gasteiger partial charge is 0.313 e. The minimum absolute atomic E-state index is 0.0132. The lowest BCUT2D eigenvalue weighted by Gasteiger charge is -2.38. The number of ether oxygens (including phenoxy) is 1. The average Bonchev–Trinajstić information content (AvgIpc) is 3.53. The van der Waals surface area contributed by atoms with Gasteiger partial charge in [-0.3, -0.25) is 19.1 Å². The Hall–Kier alpha value is -3.99. The number of hydrogen-bond acceptors (Lipinski definition) is 7. The number of benzene rings is 1. The highest BCUT2D eigenvalue weighted by molar-refractivity contribution is 6.39. The van der Waals surface area contributed by atoms with E-state index in [1.165, 1.54) is 19.4 Å². The maximum atomic E-state index is 13.4. The number of hydrogen-bond donors (Lipinski definition) is 2. The molecule has 0 radical (unpaired) electrons. The molecule has 2 saturated heterocycles. The monoisotopic (exact) mass is 519 g/mol. The van der Waals surface area contributed by atoms with E-state index in [0.29, 0.717) is 12.6 Å². The van der Waals surface area contributed by atoms with Crippen LogP contribution in [-0.4, -0.2) is 76.1 Å². The highest BCUT2D eigenvalue weighted by Gasteiger charge is 2.34. The number of nitrogens with zero attached hydrogens (tertiary/aromatic N) is 5. The fourth-order valence-electron chi connectivity index (χ4n) is 5.47. The molecule has 2 aliphatic heterocycles. The molecule has 0 bridgehead atoms. The van der Waals surface area contributed by atoms with E-state index in [9.17, 15) is 14.4 Å². The van der Waals surface area contributed by atoms with Crippen LogP contribution in [0.4, 0.5) is 5.69 Å². The summed E-state index contributed by atoms with van der Waals surface area (Å²) in [6, 6.07) is 7.57. The van der Waals surface area contributed by atoms with Crippen molar-refractivity contribution in [2.24, 2.45) is 11.7 Å². The van der Waals surface area contributed by atoms with Crippen molar-refractivity contribution in [3.63, 3.8) is 0 Å². The maximum absolute atomic E-state index is 13.4. The zero-order valence-electron chi connectivity index (χ0n) is 21.9. The van der Waals surface area contributed by atoms with Crippen LogP contribution >= 0.6 is 0 Å². The van der Waals surface area contributed by atoms with Crippen LogP contribution < -0.4 is 15.8 Å². The van der Waals surface area contributed by atoms with Crippen molar-refractivity contribution in [3.8, 4) is 5.88 Å². The Bertz CT molecular complexity index is 1390. The number of piperidine rings is 1. The summed E-state index contributed by atoms with van der Waals surface area (Å²) in [6.07, 6.45) is 6.17. The van der Waals surface area contributed by atoms with Crippen LogP contribution in [0.15, 0.2) is 36.7 Å². The van der Waals surface area contributed by atoms with Gasteiger partial charge in [-0.25, -0.2) is 4.98 Å². The molecule has 4 heterocycles. The fraction of sp³-hybridized carbons (Fsp3) is 0.444. The maximum Gasteiger partial charge on any atom is 0.313 e. The molecule has 0 saturated carbocycles. The first-order chi connectivity index (χ1) is 18.2. The van der Waals surface area contributed by atoms with Gasteiger partial charge in [-0.2, -0.15) is 5.10 Å². The number of pyridine rings is 1. The Labute approximate surface area is 220 Å². The SMILES string of the molecule is COc1ncc(NC(=O)C(=O)N2C[C@@H](C)CC[C@@H]2c2ccc3cn([C@H]4CCN(C)C4)nc3c2)cc1C(N)=O. The van der Waals surface area contributed by atoms with Gasteiger partial charge >= 0.3 is 11.8 Å². The van der Waals surface area contributed by atoms with Crippen molar-refractivity contribution in [2.45, 2.75) is 38.3 Å². The van der Waals surface area contributed by atoms with E-state index in [4.69, 9.17) is 15.6 Å². The van der Waals surface area contributed by atoms with E-state index in [-0.39, 0.29) is 29.1 Å². The molecule has 3 aromatic rings. The molecule has 38 heavy (non-hydrogen) atoms. The topological polar surface area (TPSA) is 136 Å². The average molecular weight is 520 g/mol. The van der Waals surface area contributed by atoms with Crippen molar-refractivity contribution >= 4 is 34.3 Å². The van der Waals surface area contributed by atoms with Gasteiger partial charge in [0.15, 0.2) is 0 Å². The van der Waals surface area contributed by atoms with Crippen molar-refractivity contribution in [3.05, 3.63) is 47.8 Å². The van der Waals surface area contributed by atoms with Gasteiger partial charge in [0.1, 0.15) is 5.56 Å². The summed E-state index contributed by atoms with van der Waals surface area (Å²) in [4.78, 5) is 46.1. The van der Waals surface area contributed by atoms with Crippen LogP contribution in [0.3, 0.4) is 0 Å². The van der Waals surface area contributed by atoms with Gasteiger partial charge < -0.3 is 25.6 Å². The van der Waals surface area contributed by atoms with Gasteiger partial charge in [-0.05, 0) is 56.5 Å². The first-order valence-electron chi connectivity index (χ1n) is 12.9. The van der Waals surface area contributed by atoms with E-state index in [1.54, 1.807) is 4.90 Å². The number of nitrogens with one attached hydrogen (secondary N) is 1. The Balaban J connectivity index is 1.37. The molecule has 5 rings (SSSR count). The Kier molecular flexibility index (Phi) is 7.02. The van der Waals surface area contributed by atoms with Crippen molar-refractivity contribution < 1.29 is 19.1 Å². The molecule has 200 valence electrons. The number of rotatable bonds is 5.